The van der Waals surface area contributed by atoms with Crippen LogP contribution >= 0.6 is 0 Å². The van der Waals surface area contributed by atoms with Gasteiger partial charge in [0.1, 0.15) is 6.04 Å². The van der Waals surface area contributed by atoms with Crippen LogP contribution in [0.4, 0.5) is 0 Å². The Hall–Kier alpha value is -2.28. The molecule has 0 aliphatic heterocycles. The number of carbonyl (C=O) groups excluding carboxylic acids is 2. The fraction of sp³-hybridized carbons (Fsp3) is 0.375. The predicted octanol–water partition coefficient (Wildman–Crippen LogP) is 1.99. The number of hydrogen-bond donors (Lipinski definition) is 1. The molecule has 106 valence electrons. The van der Waals surface area contributed by atoms with Crippen molar-refractivity contribution < 1.29 is 14.3 Å². The lowest BCUT2D eigenvalue weighted by Crippen LogP contribution is -2.45. The molecule has 0 saturated heterocycles. The molecule has 0 saturated carbocycles. The third-order valence-electron chi connectivity index (χ3n) is 2.81. The number of hydrogen-bond acceptors (Lipinski definition) is 3. The molecule has 1 rings (SSSR count). The second-order valence-corrected chi connectivity index (χ2v) is 4.67. The van der Waals surface area contributed by atoms with E-state index in [0.29, 0.717) is 11.1 Å². The van der Waals surface area contributed by atoms with Crippen molar-refractivity contribution >= 4 is 11.9 Å². The van der Waals surface area contributed by atoms with Gasteiger partial charge in [-0.15, -0.1) is 6.42 Å². The molecule has 0 heterocycles. The van der Waals surface area contributed by atoms with E-state index in [1.807, 2.05) is 13.8 Å². The molecule has 0 aromatic heterocycles. The Morgan fingerprint density at radius 3 is 2.35 bits per heavy atom. The Kier molecular flexibility index (Phi) is 5.79. The van der Waals surface area contributed by atoms with E-state index in [2.05, 4.69) is 11.2 Å². The number of esters is 1. The number of ether oxygens (including phenoxy) is 1. The van der Waals surface area contributed by atoms with Crippen LogP contribution in [0.3, 0.4) is 0 Å². The summed E-state index contributed by atoms with van der Waals surface area (Å²) < 4.78 is 4.96. The fourth-order valence-electron chi connectivity index (χ4n) is 1.67. The zero-order valence-electron chi connectivity index (χ0n) is 12.0. The molecule has 0 bridgehead atoms. The second-order valence-electron chi connectivity index (χ2n) is 4.67. The van der Waals surface area contributed by atoms with Gasteiger partial charge in [0.05, 0.1) is 6.61 Å². The molecule has 1 N–H and O–H groups in total. The van der Waals surface area contributed by atoms with Crippen molar-refractivity contribution in [1.29, 1.82) is 0 Å². The topological polar surface area (TPSA) is 55.4 Å². The Labute approximate surface area is 119 Å². The minimum absolute atomic E-state index is 0.0528. The van der Waals surface area contributed by atoms with Crippen molar-refractivity contribution in [2.75, 3.05) is 6.61 Å². The minimum atomic E-state index is -0.658. The van der Waals surface area contributed by atoms with Crippen molar-refractivity contribution in [2.45, 2.75) is 26.8 Å². The molecule has 1 aromatic carbocycles. The SMILES string of the molecule is C#Cc1ccc(C(=O)N[C@H](C(=O)OCC)C(C)C)cc1. The highest BCUT2D eigenvalue weighted by Crippen LogP contribution is 2.08. The molecule has 0 aliphatic rings. The van der Waals surface area contributed by atoms with E-state index >= 15 is 0 Å². The van der Waals surface area contributed by atoms with Gasteiger partial charge in [0.2, 0.25) is 0 Å². The van der Waals surface area contributed by atoms with Crippen LogP contribution in [0, 0.1) is 18.3 Å². The quantitative estimate of drug-likeness (QED) is 0.659. The molecule has 0 aliphatic carbocycles. The van der Waals surface area contributed by atoms with Gasteiger partial charge < -0.3 is 10.1 Å². The lowest BCUT2D eigenvalue weighted by atomic mass is 10.0. The molecule has 1 amide bonds. The first kappa shape index (κ1) is 15.8. The number of amides is 1. The van der Waals surface area contributed by atoms with Crippen molar-refractivity contribution in [3.63, 3.8) is 0 Å². The minimum Gasteiger partial charge on any atom is -0.464 e. The van der Waals surface area contributed by atoms with Crippen molar-refractivity contribution in [3.05, 3.63) is 35.4 Å². The Balaban J connectivity index is 2.80. The van der Waals surface area contributed by atoms with Crippen LogP contribution < -0.4 is 5.32 Å². The molecule has 0 radical (unpaired) electrons. The average molecular weight is 273 g/mol. The maximum Gasteiger partial charge on any atom is 0.328 e. The largest absolute Gasteiger partial charge is 0.464 e. The van der Waals surface area contributed by atoms with Gasteiger partial charge in [-0.1, -0.05) is 19.8 Å². The Morgan fingerprint density at radius 2 is 1.90 bits per heavy atom. The molecule has 1 atom stereocenters. The van der Waals surface area contributed by atoms with Gasteiger partial charge in [-0.05, 0) is 37.1 Å². The molecular formula is C16H19NO3. The lowest BCUT2D eigenvalue weighted by Gasteiger charge is -2.20. The summed E-state index contributed by atoms with van der Waals surface area (Å²) in [6, 6.07) is 5.97. The highest BCUT2D eigenvalue weighted by Gasteiger charge is 2.25. The van der Waals surface area contributed by atoms with Crippen molar-refractivity contribution in [3.8, 4) is 12.3 Å². The second kappa shape index (κ2) is 7.34. The summed E-state index contributed by atoms with van der Waals surface area (Å²) >= 11 is 0. The first-order valence-electron chi connectivity index (χ1n) is 6.53. The van der Waals surface area contributed by atoms with Crippen molar-refractivity contribution in [1.82, 2.24) is 5.32 Å². The average Bonchev–Trinajstić information content (AvgIpc) is 2.44. The first-order valence-corrected chi connectivity index (χ1v) is 6.53. The number of terminal acetylenes is 1. The van der Waals surface area contributed by atoms with E-state index < -0.39 is 12.0 Å². The van der Waals surface area contributed by atoms with Gasteiger partial charge >= 0.3 is 5.97 Å². The molecule has 1 aromatic rings. The van der Waals surface area contributed by atoms with E-state index in [1.165, 1.54) is 0 Å². The monoisotopic (exact) mass is 273 g/mol. The van der Waals surface area contributed by atoms with Crippen LogP contribution in [0.1, 0.15) is 36.7 Å². The summed E-state index contributed by atoms with van der Waals surface area (Å²) in [4.78, 5) is 23.9. The predicted molar refractivity (Wildman–Crippen MR) is 77.1 cm³/mol. The maximum atomic E-state index is 12.1. The smallest absolute Gasteiger partial charge is 0.328 e. The molecule has 4 nitrogen and oxygen atoms in total. The van der Waals surface area contributed by atoms with Crippen LogP contribution in [0.2, 0.25) is 0 Å². The van der Waals surface area contributed by atoms with Crippen molar-refractivity contribution in [2.24, 2.45) is 5.92 Å². The van der Waals surface area contributed by atoms with E-state index in [0.717, 1.165) is 0 Å². The fourth-order valence-corrected chi connectivity index (χ4v) is 1.67. The standard InChI is InChI=1S/C16H19NO3/c1-5-12-7-9-13(10-8-12)15(18)17-14(11(3)4)16(19)20-6-2/h1,7-11,14H,6H2,2-4H3,(H,17,18)/t14-/m0/s1. The normalized spacial score (nSPS) is 11.6. The summed E-state index contributed by atoms with van der Waals surface area (Å²) in [5, 5.41) is 2.69. The molecule has 0 unspecified atom stereocenters. The Morgan fingerprint density at radius 1 is 1.30 bits per heavy atom. The third-order valence-corrected chi connectivity index (χ3v) is 2.81. The Bertz CT molecular complexity index is 512. The maximum absolute atomic E-state index is 12.1. The molecule has 4 heteroatoms. The van der Waals surface area contributed by atoms with Crippen LogP contribution in [-0.4, -0.2) is 24.5 Å². The summed E-state index contributed by atoms with van der Waals surface area (Å²) in [7, 11) is 0. The molecule has 0 fully saturated rings. The third kappa shape index (κ3) is 4.13. The summed E-state index contributed by atoms with van der Waals surface area (Å²) in [6.45, 7) is 5.72. The van der Waals surface area contributed by atoms with E-state index in [1.54, 1.807) is 31.2 Å². The van der Waals surface area contributed by atoms with Gasteiger partial charge in [-0.2, -0.15) is 0 Å². The van der Waals surface area contributed by atoms with Gasteiger partial charge in [-0.25, -0.2) is 4.79 Å². The van der Waals surface area contributed by atoms with Crippen LogP contribution in [-0.2, 0) is 9.53 Å². The van der Waals surface area contributed by atoms with Gasteiger partial charge in [0.15, 0.2) is 0 Å². The summed E-state index contributed by atoms with van der Waals surface area (Å²) in [6.07, 6.45) is 5.26. The van der Waals surface area contributed by atoms with Crippen LogP contribution in [0.15, 0.2) is 24.3 Å². The summed E-state index contributed by atoms with van der Waals surface area (Å²) in [5.74, 6) is 1.69. The molecular weight excluding hydrogens is 254 g/mol. The number of benzene rings is 1. The van der Waals surface area contributed by atoms with Crippen LogP contribution in [0.25, 0.3) is 0 Å². The van der Waals surface area contributed by atoms with Gasteiger partial charge in [0.25, 0.3) is 5.91 Å². The summed E-state index contributed by atoms with van der Waals surface area (Å²) in [5.41, 5.74) is 1.16. The number of rotatable bonds is 5. The highest BCUT2D eigenvalue weighted by atomic mass is 16.5. The van der Waals surface area contributed by atoms with E-state index in [4.69, 9.17) is 11.2 Å². The van der Waals surface area contributed by atoms with E-state index in [-0.39, 0.29) is 18.4 Å². The number of nitrogens with one attached hydrogen (secondary N) is 1. The number of carbonyl (C=O) groups is 2. The zero-order chi connectivity index (χ0) is 15.1. The van der Waals surface area contributed by atoms with Crippen LogP contribution in [0.5, 0.6) is 0 Å². The van der Waals surface area contributed by atoms with E-state index in [9.17, 15) is 9.59 Å². The van der Waals surface area contributed by atoms with Gasteiger partial charge in [-0.3, -0.25) is 4.79 Å². The molecule has 20 heavy (non-hydrogen) atoms. The first-order chi connectivity index (χ1) is 9.49. The molecule has 0 spiro atoms. The zero-order valence-corrected chi connectivity index (χ0v) is 12.0. The van der Waals surface area contributed by atoms with Gasteiger partial charge in [0, 0.05) is 11.1 Å². The highest BCUT2D eigenvalue weighted by molar-refractivity contribution is 5.96. The lowest BCUT2D eigenvalue weighted by molar-refractivity contribution is -0.146.